The first-order valence-corrected chi connectivity index (χ1v) is 9.82. The molecular weight excluding hydrogens is 373 g/mol. The van der Waals surface area contributed by atoms with Crippen LogP contribution in [0.2, 0.25) is 0 Å². The van der Waals surface area contributed by atoms with Crippen LogP contribution in [0.15, 0.2) is 24.4 Å². The molecule has 2 aromatic rings. The van der Waals surface area contributed by atoms with Gasteiger partial charge in [-0.05, 0) is 12.1 Å². The lowest BCUT2D eigenvalue weighted by molar-refractivity contribution is -0.910. The lowest BCUT2D eigenvalue weighted by Crippen LogP contribution is -3.13. The lowest BCUT2D eigenvalue weighted by Gasteiger charge is -2.22. The first-order valence-electron chi connectivity index (χ1n) is 7.99. The predicted molar refractivity (Wildman–Crippen MR) is 86.6 cm³/mol. The van der Waals surface area contributed by atoms with Gasteiger partial charge in [-0.2, -0.15) is 13.2 Å². The van der Waals surface area contributed by atoms with Gasteiger partial charge in [0.05, 0.1) is 30.1 Å². The van der Waals surface area contributed by atoms with Gasteiger partial charge in [0, 0.05) is 6.20 Å². The fourth-order valence-corrected chi connectivity index (χ4v) is 4.30. The first-order chi connectivity index (χ1) is 12.1. The van der Waals surface area contributed by atoms with Gasteiger partial charge in [0.1, 0.15) is 18.8 Å². The van der Waals surface area contributed by atoms with E-state index >= 15 is 0 Å². The van der Waals surface area contributed by atoms with Crippen LogP contribution in [0.3, 0.4) is 0 Å². The van der Waals surface area contributed by atoms with Crippen LogP contribution in [0.1, 0.15) is 16.3 Å². The third-order valence-electron chi connectivity index (χ3n) is 4.23. The topological polar surface area (TPSA) is 85.0 Å². The number of carbonyl (C=O) groups is 1. The second-order valence-electron chi connectivity index (χ2n) is 6.21. The van der Waals surface area contributed by atoms with Crippen LogP contribution < -0.4 is 10.2 Å². The van der Waals surface area contributed by atoms with Gasteiger partial charge in [-0.15, -0.1) is 0 Å². The van der Waals surface area contributed by atoms with Crippen molar-refractivity contribution >= 4 is 21.3 Å². The molecule has 1 amide bonds. The molecule has 1 aliphatic heterocycles. The van der Waals surface area contributed by atoms with Crippen LogP contribution in [0, 0.1) is 0 Å². The number of sulfone groups is 1. The molecule has 0 bridgehead atoms. The number of alkyl halides is 3. The maximum atomic E-state index is 12.3. The molecule has 0 spiro atoms. The van der Waals surface area contributed by atoms with E-state index in [0.29, 0.717) is 30.8 Å². The van der Waals surface area contributed by atoms with Crippen molar-refractivity contribution in [3.8, 4) is 0 Å². The van der Waals surface area contributed by atoms with Gasteiger partial charge in [0.2, 0.25) is 5.82 Å². The molecule has 2 aromatic heterocycles. The van der Waals surface area contributed by atoms with E-state index in [1.54, 1.807) is 24.4 Å². The smallest absolute Gasteiger partial charge is 0.340 e. The summed E-state index contributed by atoms with van der Waals surface area (Å²) in [4.78, 5) is 17.4. The third-order valence-corrected chi connectivity index (χ3v) is 5.88. The van der Waals surface area contributed by atoms with Gasteiger partial charge in [0.25, 0.3) is 5.91 Å². The number of fused-ring (bicyclic) bond motifs is 1. The molecule has 0 radical (unpaired) electrons. The Kier molecular flexibility index (Phi) is 4.93. The van der Waals surface area contributed by atoms with Crippen LogP contribution in [-0.4, -0.2) is 61.0 Å². The predicted octanol–water partition coefficient (Wildman–Crippen LogP) is -0.560. The number of halogens is 3. The highest BCUT2D eigenvalue weighted by atomic mass is 32.2. The zero-order valence-electron chi connectivity index (χ0n) is 13.7. The minimum Gasteiger partial charge on any atom is -0.340 e. The summed E-state index contributed by atoms with van der Waals surface area (Å²) in [5.74, 6) is -0.852. The van der Waals surface area contributed by atoms with E-state index < -0.39 is 28.5 Å². The van der Waals surface area contributed by atoms with Crippen molar-refractivity contribution in [1.29, 1.82) is 0 Å². The highest BCUT2D eigenvalue weighted by Gasteiger charge is 2.30. The van der Waals surface area contributed by atoms with Gasteiger partial charge < -0.3 is 10.2 Å². The summed E-state index contributed by atoms with van der Waals surface area (Å²) in [6, 6.07) is 5.12. The van der Waals surface area contributed by atoms with Gasteiger partial charge >= 0.3 is 6.18 Å². The molecule has 1 fully saturated rings. The molecule has 0 aliphatic carbocycles. The molecule has 2 N–H and O–H groups in total. The number of aromatic nitrogens is 2. The first kappa shape index (κ1) is 18.6. The quantitative estimate of drug-likeness (QED) is 0.732. The average molecular weight is 391 g/mol. The highest BCUT2D eigenvalue weighted by molar-refractivity contribution is 7.91. The number of pyridine rings is 1. The van der Waals surface area contributed by atoms with Crippen LogP contribution in [0.5, 0.6) is 0 Å². The number of rotatable bonds is 4. The van der Waals surface area contributed by atoms with Gasteiger partial charge in [-0.1, -0.05) is 6.07 Å². The Morgan fingerprint density at radius 1 is 1.27 bits per heavy atom. The Labute approximate surface area is 147 Å². The van der Waals surface area contributed by atoms with Crippen molar-refractivity contribution in [2.75, 3.05) is 31.1 Å². The lowest BCUT2D eigenvalue weighted by atomic mass is 10.3. The van der Waals surface area contributed by atoms with Crippen molar-refractivity contribution in [3.63, 3.8) is 0 Å². The molecule has 0 unspecified atom stereocenters. The summed E-state index contributed by atoms with van der Waals surface area (Å²) in [5.41, 5.74) is 1.17. The average Bonchev–Trinajstić information content (AvgIpc) is 2.93. The van der Waals surface area contributed by atoms with Crippen molar-refractivity contribution in [2.24, 2.45) is 0 Å². The highest BCUT2D eigenvalue weighted by Crippen LogP contribution is 2.15. The van der Waals surface area contributed by atoms with E-state index in [0.717, 1.165) is 4.90 Å². The van der Waals surface area contributed by atoms with E-state index in [-0.39, 0.29) is 17.3 Å². The van der Waals surface area contributed by atoms with Gasteiger partial charge in [-0.3, -0.25) is 9.20 Å². The van der Waals surface area contributed by atoms with Crippen molar-refractivity contribution in [2.45, 2.75) is 12.7 Å². The maximum absolute atomic E-state index is 12.3. The van der Waals surface area contributed by atoms with Gasteiger partial charge in [-0.25, -0.2) is 13.4 Å². The molecule has 26 heavy (non-hydrogen) atoms. The van der Waals surface area contributed by atoms with E-state index in [1.807, 2.05) is 5.32 Å². The number of imidazole rings is 1. The number of amides is 1. The largest absolute Gasteiger partial charge is 0.405 e. The summed E-state index contributed by atoms with van der Waals surface area (Å²) < 4.78 is 61.5. The normalized spacial score (nSPS) is 18.1. The fourth-order valence-electron chi connectivity index (χ4n) is 2.89. The van der Waals surface area contributed by atoms with Crippen molar-refractivity contribution in [1.82, 2.24) is 14.7 Å². The number of hydrogen-bond donors (Lipinski definition) is 2. The Bertz CT molecular complexity index is 910. The summed E-state index contributed by atoms with van der Waals surface area (Å²) in [7, 11) is -3.00. The molecule has 1 aliphatic rings. The van der Waals surface area contributed by atoms with Gasteiger partial charge in [0.15, 0.2) is 9.84 Å². The number of quaternary nitrogens is 1. The van der Waals surface area contributed by atoms with Crippen LogP contribution in [0.25, 0.3) is 5.52 Å². The summed E-state index contributed by atoms with van der Waals surface area (Å²) in [5, 5.41) is 1.83. The molecule has 0 atom stereocenters. The Morgan fingerprint density at radius 2 is 1.96 bits per heavy atom. The Hall–Kier alpha value is -2.14. The second kappa shape index (κ2) is 6.88. The molecular formula is C15H18F3N4O3S+. The minimum atomic E-state index is -4.50. The number of hydrogen-bond acceptors (Lipinski definition) is 4. The fraction of sp³-hybridized carbons (Fsp3) is 0.467. The molecule has 0 saturated carbocycles. The third kappa shape index (κ3) is 4.33. The second-order valence-corrected chi connectivity index (χ2v) is 8.52. The SMILES string of the molecule is O=C(NCC(F)(F)F)c1nc(C[NH+]2CCS(=O)(=O)CC2)c2ccccn12. The Balaban J connectivity index is 1.82. The zero-order valence-corrected chi connectivity index (χ0v) is 14.5. The monoisotopic (exact) mass is 391 g/mol. The molecule has 11 heteroatoms. The number of carbonyl (C=O) groups excluding carboxylic acids is 1. The van der Waals surface area contributed by atoms with E-state index in [9.17, 15) is 26.4 Å². The summed E-state index contributed by atoms with van der Waals surface area (Å²) >= 11 is 0. The Morgan fingerprint density at radius 3 is 2.62 bits per heavy atom. The van der Waals surface area contributed by atoms with E-state index in [4.69, 9.17) is 0 Å². The summed E-state index contributed by atoms with van der Waals surface area (Å²) in [6.45, 7) is -0.165. The number of nitrogens with zero attached hydrogens (tertiary/aromatic N) is 2. The van der Waals surface area contributed by atoms with Crippen LogP contribution in [0.4, 0.5) is 13.2 Å². The van der Waals surface area contributed by atoms with Crippen molar-refractivity contribution in [3.05, 3.63) is 35.9 Å². The minimum absolute atomic E-state index is 0.0903. The number of nitrogens with one attached hydrogen (secondary N) is 2. The van der Waals surface area contributed by atoms with E-state index in [1.165, 1.54) is 4.40 Å². The van der Waals surface area contributed by atoms with Crippen molar-refractivity contribution < 1.29 is 31.3 Å². The van der Waals surface area contributed by atoms with E-state index in [2.05, 4.69) is 4.98 Å². The zero-order chi connectivity index (χ0) is 18.9. The van der Waals surface area contributed by atoms with Crippen LogP contribution in [-0.2, 0) is 16.4 Å². The standard InChI is InChI=1S/C15H17F3N4O3S/c16-15(17,18)10-19-14(23)13-20-11(12-3-1-2-4-22(12)13)9-21-5-7-26(24,25)8-6-21/h1-4H,5-10H2,(H,19,23)/p+1. The molecule has 0 aromatic carbocycles. The molecule has 7 nitrogen and oxygen atoms in total. The maximum Gasteiger partial charge on any atom is 0.405 e. The molecule has 142 valence electrons. The molecule has 3 rings (SSSR count). The van der Waals surface area contributed by atoms with Crippen LogP contribution >= 0.6 is 0 Å². The molecule has 1 saturated heterocycles. The molecule has 3 heterocycles. The summed E-state index contributed by atoms with van der Waals surface area (Å²) in [6.07, 6.45) is -2.95.